The van der Waals surface area contributed by atoms with E-state index in [1.54, 1.807) is 0 Å². The number of piperidine rings is 1. The first kappa shape index (κ1) is 12.5. The van der Waals surface area contributed by atoms with Crippen LogP contribution in [-0.2, 0) is 19.1 Å². The van der Waals surface area contributed by atoms with Gasteiger partial charge in [-0.05, 0) is 12.3 Å². The number of nitrogens with zero attached hydrogens (tertiary/aromatic N) is 1. The molecule has 2 fully saturated rings. The van der Waals surface area contributed by atoms with Crippen molar-refractivity contribution in [1.29, 1.82) is 0 Å². The molecule has 2 amide bonds. The molecular formula is C12H19NO4. The van der Waals surface area contributed by atoms with Gasteiger partial charge in [-0.3, -0.25) is 14.5 Å². The van der Waals surface area contributed by atoms with E-state index < -0.39 is 0 Å². The highest BCUT2D eigenvalue weighted by Gasteiger charge is 2.30. The minimum absolute atomic E-state index is 0.0652. The van der Waals surface area contributed by atoms with Crippen molar-refractivity contribution in [2.24, 2.45) is 5.92 Å². The van der Waals surface area contributed by atoms with Crippen LogP contribution in [0.4, 0.5) is 0 Å². The quantitative estimate of drug-likeness (QED) is 0.690. The summed E-state index contributed by atoms with van der Waals surface area (Å²) >= 11 is 0. The maximum absolute atomic E-state index is 11.7. The second-order valence-electron chi connectivity index (χ2n) is 4.77. The fourth-order valence-corrected chi connectivity index (χ4v) is 2.22. The summed E-state index contributed by atoms with van der Waals surface area (Å²) in [6, 6.07) is 0. The molecule has 0 unspecified atom stereocenters. The average Bonchev–Trinajstić information content (AvgIpc) is 2.29. The van der Waals surface area contributed by atoms with Crippen LogP contribution in [-0.4, -0.2) is 42.8 Å². The van der Waals surface area contributed by atoms with Crippen molar-refractivity contribution in [3.8, 4) is 0 Å². The molecule has 17 heavy (non-hydrogen) atoms. The van der Waals surface area contributed by atoms with Crippen LogP contribution in [0.25, 0.3) is 0 Å². The van der Waals surface area contributed by atoms with E-state index in [1.807, 2.05) is 6.92 Å². The fraction of sp³-hybridized carbons (Fsp3) is 0.833. The lowest BCUT2D eigenvalue weighted by Gasteiger charge is -2.30. The molecule has 2 saturated heterocycles. The smallest absolute Gasteiger partial charge is 0.229 e. The Morgan fingerprint density at radius 2 is 1.76 bits per heavy atom. The Morgan fingerprint density at radius 1 is 1.18 bits per heavy atom. The number of carbonyl (C=O) groups excluding carboxylic acids is 2. The maximum atomic E-state index is 11.7. The van der Waals surface area contributed by atoms with Crippen LogP contribution in [0.3, 0.4) is 0 Å². The number of hydrogen-bond acceptors (Lipinski definition) is 4. The lowest BCUT2D eigenvalue weighted by atomic mass is 9.98. The molecule has 2 aliphatic rings. The first-order valence-electron chi connectivity index (χ1n) is 6.23. The monoisotopic (exact) mass is 241 g/mol. The molecular weight excluding hydrogens is 222 g/mol. The molecule has 0 aromatic heterocycles. The first-order valence-corrected chi connectivity index (χ1v) is 6.23. The number of rotatable bonds is 3. The lowest BCUT2D eigenvalue weighted by molar-refractivity contribution is -0.184. The van der Waals surface area contributed by atoms with Crippen LogP contribution in [0, 0.1) is 5.92 Å². The summed E-state index contributed by atoms with van der Waals surface area (Å²) in [5.74, 6) is 0.0440. The standard InChI is InChI=1S/C12H19NO4/c1-9-7-10(14)13(11(15)8-9)4-3-12-16-5-2-6-17-12/h9,12H,2-8H2,1H3. The Hall–Kier alpha value is -0.940. The van der Waals surface area contributed by atoms with Gasteiger partial charge in [0.1, 0.15) is 0 Å². The summed E-state index contributed by atoms with van der Waals surface area (Å²) in [6.45, 7) is 3.74. The molecule has 0 bridgehead atoms. The summed E-state index contributed by atoms with van der Waals surface area (Å²) in [5.41, 5.74) is 0. The molecule has 2 heterocycles. The molecule has 0 aromatic carbocycles. The van der Waals surface area contributed by atoms with Gasteiger partial charge < -0.3 is 9.47 Å². The summed E-state index contributed by atoms with van der Waals surface area (Å²) in [5, 5.41) is 0. The maximum Gasteiger partial charge on any atom is 0.229 e. The number of ether oxygens (including phenoxy) is 2. The summed E-state index contributed by atoms with van der Waals surface area (Å²) < 4.78 is 10.8. The molecule has 0 aliphatic carbocycles. The van der Waals surface area contributed by atoms with Gasteiger partial charge >= 0.3 is 0 Å². The van der Waals surface area contributed by atoms with Gasteiger partial charge in [0, 0.05) is 25.8 Å². The summed E-state index contributed by atoms with van der Waals surface area (Å²) in [6.07, 6.45) is 2.17. The number of imide groups is 1. The van der Waals surface area contributed by atoms with Crippen molar-refractivity contribution in [3.05, 3.63) is 0 Å². The predicted molar refractivity (Wildman–Crippen MR) is 60.0 cm³/mol. The zero-order valence-electron chi connectivity index (χ0n) is 10.2. The Balaban J connectivity index is 1.81. The second-order valence-corrected chi connectivity index (χ2v) is 4.77. The number of hydrogen-bond donors (Lipinski definition) is 0. The molecule has 0 atom stereocenters. The van der Waals surface area contributed by atoms with E-state index in [2.05, 4.69) is 0 Å². The van der Waals surface area contributed by atoms with Crippen LogP contribution >= 0.6 is 0 Å². The Kier molecular flexibility index (Phi) is 4.12. The van der Waals surface area contributed by atoms with E-state index in [9.17, 15) is 9.59 Å². The minimum Gasteiger partial charge on any atom is -0.353 e. The minimum atomic E-state index is -0.260. The van der Waals surface area contributed by atoms with E-state index in [0.717, 1.165) is 6.42 Å². The van der Waals surface area contributed by atoms with Gasteiger partial charge in [0.05, 0.1) is 13.2 Å². The van der Waals surface area contributed by atoms with Gasteiger partial charge in [-0.25, -0.2) is 0 Å². The van der Waals surface area contributed by atoms with Gasteiger partial charge in [-0.1, -0.05) is 6.92 Å². The highest BCUT2D eigenvalue weighted by molar-refractivity contribution is 5.97. The molecule has 0 N–H and O–H groups in total. The van der Waals surface area contributed by atoms with Crippen molar-refractivity contribution in [2.75, 3.05) is 19.8 Å². The van der Waals surface area contributed by atoms with Crippen LogP contribution in [0.15, 0.2) is 0 Å². The lowest BCUT2D eigenvalue weighted by Crippen LogP contribution is -2.44. The van der Waals surface area contributed by atoms with Gasteiger partial charge in [0.15, 0.2) is 6.29 Å². The second kappa shape index (κ2) is 5.60. The topological polar surface area (TPSA) is 55.8 Å². The van der Waals surface area contributed by atoms with Gasteiger partial charge in [0.2, 0.25) is 11.8 Å². The number of carbonyl (C=O) groups is 2. The molecule has 0 spiro atoms. The average molecular weight is 241 g/mol. The van der Waals surface area contributed by atoms with Crippen molar-refractivity contribution in [1.82, 2.24) is 4.90 Å². The zero-order chi connectivity index (χ0) is 12.3. The molecule has 2 aliphatic heterocycles. The van der Waals surface area contributed by atoms with Crippen molar-refractivity contribution in [3.63, 3.8) is 0 Å². The largest absolute Gasteiger partial charge is 0.353 e. The fourth-order valence-electron chi connectivity index (χ4n) is 2.22. The molecule has 0 radical (unpaired) electrons. The predicted octanol–water partition coefficient (Wildman–Crippen LogP) is 0.925. The van der Waals surface area contributed by atoms with E-state index >= 15 is 0 Å². The summed E-state index contributed by atoms with van der Waals surface area (Å²) in [4.78, 5) is 24.8. The molecule has 5 heteroatoms. The van der Waals surface area contributed by atoms with Gasteiger partial charge in [-0.15, -0.1) is 0 Å². The van der Waals surface area contributed by atoms with E-state index in [0.29, 0.717) is 39.0 Å². The molecule has 5 nitrogen and oxygen atoms in total. The third-order valence-corrected chi connectivity index (χ3v) is 3.13. The number of likely N-dealkylation sites (tertiary alicyclic amines) is 1. The van der Waals surface area contributed by atoms with Crippen LogP contribution in [0.1, 0.15) is 32.6 Å². The third-order valence-electron chi connectivity index (χ3n) is 3.13. The normalized spacial score (nSPS) is 24.4. The van der Waals surface area contributed by atoms with Crippen molar-refractivity contribution in [2.45, 2.75) is 38.9 Å². The van der Waals surface area contributed by atoms with Crippen molar-refractivity contribution >= 4 is 11.8 Å². The molecule has 0 aromatic rings. The van der Waals surface area contributed by atoms with E-state index in [4.69, 9.17) is 9.47 Å². The Bertz CT molecular complexity index is 281. The van der Waals surface area contributed by atoms with Crippen molar-refractivity contribution < 1.29 is 19.1 Å². The van der Waals surface area contributed by atoms with Crippen LogP contribution in [0.5, 0.6) is 0 Å². The summed E-state index contributed by atoms with van der Waals surface area (Å²) in [7, 11) is 0. The van der Waals surface area contributed by atoms with Crippen LogP contribution in [0.2, 0.25) is 0 Å². The van der Waals surface area contributed by atoms with E-state index in [-0.39, 0.29) is 24.0 Å². The Labute approximate surface area is 101 Å². The van der Waals surface area contributed by atoms with E-state index in [1.165, 1.54) is 4.90 Å². The number of amides is 2. The van der Waals surface area contributed by atoms with Gasteiger partial charge in [0.25, 0.3) is 0 Å². The first-order chi connectivity index (χ1) is 8.16. The molecule has 96 valence electrons. The third kappa shape index (κ3) is 3.26. The van der Waals surface area contributed by atoms with Gasteiger partial charge in [-0.2, -0.15) is 0 Å². The molecule has 0 saturated carbocycles. The zero-order valence-corrected chi connectivity index (χ0v) is 10.2. The highest BCUT2D eigenvalue weighted by Crippen LogP contribution is 2.20. The molecule has 2 rings (SSSR count). The Morgan fingerprint density at radius 3 is 2.35 bits per heavy atom. The highest BCUT2D eigenvalue weighted by atomic mass is 16.7. The van der Waals surface area contributed by atoms with Crippen LogP contribution < -0.4 is 0 Å². The SMILES string of the molecule is CC1CC(=O)N(CCC2OCCCO2)C(=O)C1.